The first-order chi connectivity index (χ1) is 5.72. The second-order valence-electron chi connectivity index (χ2n) is 2.01. The van der Waals surface area contributed by atoms with E-state index < -0.39 is 12.0 Å². The molecule has 0 heterocycles. The van der Waals surface area contributed by atoms with Gasteiger partial charge in [-0.25, -0.2) is 9.18 Å². The van der Waals surface area contributed by atoms with Crippen molar-refractivity contribution in [3.05, 3.63) is 30.1 Å². The summed E-state index contributed by atoms with van der Waals surface area (Å²) in [6, 6.07) is 5.24. The number of benzene rings is 1. The van der Waals surface area contributed by atoms with Crippen molar-refractivity contribution in [1.29, 1.82) is 0 Å². The summed E-state index contributed by atoms with van der Waals surface area (Å²) in [5, 5.41) is 0. The Kier molecular flexibility index (Phi) is 2.63. The zero-order valence-corrected chi connectivity index (χ0v) is 6.41. The normalized spacial score (nSPS) is 9.17. The molecule has 0 fully saturated rings. The van der Waals surface area contributed by atoms with Crippen LogP contribution in [-0.2, 0) is 4.74 Å². The van der Waals surface area contributed by atoms with Crippen LogP contribution >= 0.6 is 0 Å². The van der Waals surface area contributed by atoms with Crippen LogP contribution in [0, 0.1) is 5.82 Å². The van der Waals surface area contributed by atoms with Gasteiger partial charge in [0.05, 0.1) is 7.11 Å². The summed E-state index contributed by atoms with van der Waals surface area (Å²) in [7, 11) is 1.18. The topological polar surface area (TPSA) is 35.5 Å². The SMILES string of the molecule is COC(=O)Oc1cccc(F)c1. The number of ether oxygens (including phenoxy) is 2. The number of halogens is 1. The average Bonchev–Trinajstić information content (AvgIpc) is 2.04. The van der Waals surface area contributed by atoms with Gasteiger partial charge in [-0.1, -0.05) is 6.07 Å². The van der Waals surface area contributed by atoms with Crippen LogP contribution in [0.25, 0.3) is 0 Å². The van der Waals surface area contributed by atoms with Crippen molar-refractivity contribution in [1.82, 2.24) is 0 Å². The van der Waals surface area contributed by atoms with E-state index in [9.17, 15) is 9.18 Å². The molecular formula is C8H7FO3. The zero-order valence-electron chi connectivity index (χ0n) is 6.41. The first kappa shape index (κ1) is 8.52. The Balaban J connectivity index is 2.69. The van der Waals surface area contributed by atoms with E-state index in [-0.39, 0.29) is 5.75 Å². The van der Waals surface area contributed by atoms with Crippen LogP contribution < -0.4 is 4.74 Å². The summed E-state index contributed by atoms with van der Waals surface area (Å²) in [6.07, 6.45) is -0.861. The van der Waals surface area contributed by atoms with Crippen LogP contribution in [0.15, 0.2) is 24.3 Å². The molecule has 0 aliphatic heterocycles. The molecule has 3 nitrogen and oxygen atoms in total. The Morgan fingerprint density at radius 2 is 2.25 bits per heavy atom. The predicted octanol–water partition coefficient (Wildman–Crippen LogP) is 1.97. The Hall–Kier alpha value is -1.58. The summed E-state index contributed by atoms with van der Waals surface area (Å²) >= 11 is 0. The van der Waals surface area contributed by atoms with Gasteiger partial charge >= 0.3 is 6.16 Å². The fourth-order valence-electron chi connectivity index (χ4n) is 0.668. The molecule has 0 spiro atoms. The van der Waals surface area contributed by atoms with Crippen molar-refractivity contribution in [3.63, 3.8) is 0 Å². The second kappa shape index (κ2) is 3.71. The highest BCUT2D eigenvalue weighted by atomic mass is 19.1. The molecular weight excluding hydrogens is 163 g/mol. The number of carbonyl (C=O) groups is 1. The summed E-state index contributed by atoms with van der Waals surface area (Å²) in [6.45, 7) is 0. The molecule has 0 bridgehead atoms. The highest BCUT2D eigenvalue weighted by molar-refractivity contribution is 5.63. The standard InChI is InChI=1S/C8H7FO3/c1-11-8(10)12-7-4-2-3-6(9)5-7/h2-5H,1H3. The third-order valence-electron chi connectivity index (χ3n) is 1.16. The lowest BCUT2D eigenvalue weighted by Gasteiger charge is -2.00. The van der Waals surface area contributed by atoms with Gasteiger partial charge in [-0.15, -0.1) is 0 Å². The molecule has 12 heavy (non-hydrogen) atoms. The van der Waals surface area contributed by atoms with E-state index in [0.29, 0.717) is 0 Å². The lowest BCUT2D eigenvalue weighted by molar-refractivity contribution is 0.121. The maximum absolute atomic E-state index is 12.5. The first-order valence-electron chi connectivity index (χ1n) is 3.24. The van der Waals surface area contributed by atoms with Crippen LogP contribution in [0.4, 0.5) is 9.18 Å². The van der Waals surface area contributed by atoms with Gasteiger partial charge in [0.1, 0.15) is 11.6 Å². The van der Waals surface area contributed by atoms with E-state index in [0.717, 1.165) is 6.07 Å². The van der Waals surface area contributed by atoms with Crippen molar-refractivity contribution in [3.8, 4) is 5.75 Å². The maximum atomic E-state index is 12.5. The second-order valence-corrected chi connectivity index (χ2v) is 2.01. The van der Waals surface area contributed by atoms with Gasteiger partial charge in [0.15, 0.2) is 0 Å². The molecule has 0 saturated heterocycles. The van der Waals surface area contributed by atoms with Crippen molar-refractivity contribution in [2.24, 2.45) is 0 Å². The smallest absolute Gasteiger partial charge is 0.437 e. The number of hydrogen-bond donors (Lipinski definition) is 0. The van der Waals surface area contributed by atoms with Crippen LogP contribution in [0.3, 0.4) is 0 Å². The minimum Gasteiger partial charge on any atom is -0.437 e. The van der Waals surface area contributed by atoms with Gasteiger partial charge in [-0.2, -0.15) is 0 Å². The molecule has 0 aliphatic carbocycles. The molecule has 0 unspecified atom stereocenters. The van der Waals surface area contributed by atoms with E-state index >= 15 is 0 Å². The Bertz CT molecular complexity index is 285. The van der Waals surface area contributed by atoms with Crippen LogP contribution in [0.1, 0.15) is 0 Å². The number of carbonyl (C=O) groups excluding carboxylic acids is 1. The van der Waals surface area contributed by atoms with Crippen molar-refractivity contribution in [2.75, 3.05) is 7.11 Å². The summed E-state index contributed by atoms with van der Waals surface area (Å²) in [5.41, 5.74) is 0. The van der Waals surface area contributed by atoms with Gasteiger partial charge in [-0.05, 0) is 12.1 Å². The molecule has 0 amide bonds. The third kappa shape index (κ3) is 2.23. The highest BCUT2D eigenvalue weighted by Crippen LogP contribution is 2.12. The average molecular weight is 170 g/mol. The van der Waals surface area contributed by atoms with E-state index in [1.54, 1.807) is 0 Å². The van der Waals surface area contributed by atoms with Crippen LogP contribution in [0.5, 0.6) is 5.75 Å². The summed E-state index contributed by atoms with van der Waals surface area (Å²) in [5.74, 6) is -0.335. The van der Waals surface area contributed by atoms with Crippen molar-refractivity contribution >= 4 is 6.16 Å². The number of methoxy groups -OCH3 is 1. The van der Waals surface area contributed by atoms with E-state index in [2.05, 4.69) is 9.47 Å². The quantitative estimate of drug-likeness (QED) is 0.477. The molecule has 0 aliphatic rings. The van der Waals surface area contributed by atoms with E-state index in [4.69, 9.17) is 0 Å². The minimum atomic E-state index is -0.861. The summed E-state index contributed by atoms with van der Waals surface area (Å²) < 4.78 is 21.2. The van der Waals surface area contributed by atoms with Gasteiger partial charge in [0.25, 0.3) is 0 Å². The zero-order chi connectivity index (χ0) is 8.97. The molecule has 0 saturated carbocycles. The molecule has 0 N–H and O–H groups in total. The minimum absolute atomic E-state index is 0.127. The molecule has 0 radical (unpaired) electrons. The lowest BCUT2D eigenvalue weighted by atomic mass is 10.3. The molecule has 1 rings (SSSR count). The number of rotatable bonds is 1. The van der Waals surface area contributed by atoms with Crippen molar-refractivity contribution < 1.29 is 18.7 Å². The van der Waals surface area contributed by atoms with E-state index in [1.807, 2.05) is 0 Å². The van der Waals surface area contributed by atoms with Gasteiger partial charge in [0.2, 0.25) is 0 Å². The Morgan fingerprint density at radius 3 is 2.83 bits per heavy atom. The summed E-state index contributed by atoms with van der Waals surface area (Å²) in [4.78, 5) is 10.5. The Labute approximate surface area is 68.7 Å². The molecule has 1 aromatic carbocycles. The predicted molar refractivity (Wildman–Crippen MR) is 39.4 cm³/mol. The number of hydrogen-bond acceptors (Lipinski definition) is 3. The highest BCUT2D eigenvalue weighted by Gasteiger charge is 2.02. The Morgan fingerprint density at radius 1 is 1.50 bits per heavy atom. The fourth-order valence-corrected chi connectivity index (χ4v) is 0.668. The van der Waals surface area contributed by atoms with Gasteiger partial charge in [0, 0.05) is 6.07 Å². The largest absolute Gasteiger partial charge is 0.513 e. The molecule has 0 atom stereocenters. The molecule has 0 aromatic heterocycles. The van der Waals surface area contributed by atoms with Crippen LogP contribution in [0.2, 0.25) is 0 Å². The maximum Gasteiger partial charge on any atom is 0.513 e. The van der Waals surface area contributed by atoms with Gasteiger partial charge in [-0.3, -0.25) is 0 Å². The first-order valence-corrected chi connectivity index (χ1v) is 3.24. The van der Waals surface area contributed by atoms with Crippen LogP contribution in [-0.4, -0.2) is 13.3 Å². The molecule has 4 heteroatoms. The monoisotopic (exact) mass is 170 g/mol. The van der Waals surface area contributed by atoms with Gasteiger partial charge < -0.3 is 9.47 Å². The third-order valence-corrected chi connectivity index (χ3v) is 1.16. The molecule has 64 valence electrons. The molecule has 1 aromatic rings. The van der Waals surface area contributed by atoms with Crippen molar-refractivity contribution in [2.45, 2.75) is 0 Å². The lowest BCUT2D eigenvalue weighted by Crippen LogP contribution is -2.07. The van der Waals surface area contributed by atoms with E-state index in [1.165, 1.54) is 25.3 Å². The fraction of sp³-hybridized carbons (Fsp3) is 0.125.